The van der Waals surface area contributed by atoms with Crippen molar-refractivity contribution >= 4 is 23.6 Å². The zero-order valence-corrected chi connectivity index (χ0v) is 13.1. The van der Waals surface area contributed by atoms with Crippen molar-refractivity contribution in [2.24, 2.45) is 0 Å². The molecule has 0 aliphatic rings. The molecule has 6 heteroatoms. The minimum absolute atomic E-state index is 0.307. The van der Waals surface area contributed by atoms with Crippen LogP contribution in [0.3, 0.4) is 0 Å². The Bertz CT molecular complexity index is 452. The van der Waals surface area contributed by atoms with E-state index in [2.05, 4.69) is 6.92 Å². The number of hydrogen-bond acceptors (Lipinski definition) is 4. The van der Waals surface area contributed by atoms with E-state index >= 15 is 0 Å². The molecule has 0 fully saturated rings. The van der Waals surface area contributed by atoms with E-state index in [4.69, 9.17) is 4.84 Å². The standard InChI is InChI=1S/C15H21NO4S/c1-3-4-10-21-11-13(15(18)19)16(20-2)14(17)12-8-6-5-7-9-12/h5-9,13H,3-4,10-11H2,1-2H3,(H,18,19)/t13-/m0/s1. The smallest absolute Gasteiger partial charge is 0.329 e. The molecule has 116 valence electrons. The predicted molar refractivity (Wildman–Crippen MR) is 83.3 cm³/mol. The molecule has 21 heavy (non-hydrogen) atoms. The molecule has 0 heterocycles. The van der Waals surface area contributed by atoms with E-state index in [0.717, 1.165) is 23.7 Å². The van der Waals surface area contributed by atoms with Crippen molar-refractivity contribution in [2.45, 2.75) is 25.8 Å². The number of benzene rings is 1. The van der Waals surface area contributed by atoms with Crippen LogP contribution in [0.4, 0.5) is 0 Å². The summed E-state index contributed by atoms with van der Waals surface area (Å²) in [5.41, 5.74) is 0.407. The average Bonchev–Trinajstić information content (AvgIpc) is 2.50. The number of carbonyl (C=O) groups is 2. The molecule has 0 aromatic heterocycles. The highest BCUT2D eigenvalue weighted by Crippen LogP contribution is 2.15. The van der Waals surface area contributed by atoms with Crippen LogP contribution in [0.5, 0.6) is 0 Å². The van der Waals surface area contributed by atoms with Crippen molar-refractivity contribution in [3.8, 4) is 0 Å². The monoisotopic (exact) mass is 311 g/mol. The molecule has 0 bridgehead atoms. The molecule has 1 rings (SSSR count). The summed E-state index contributed by atoms with van der Waals surface area (Å²) >= 11 is 1.52. The fraction of sp³-hybridized carbons (Fsp3) is 0.467. The fourth-order valence-electron chi connectivity index (χ4n) is 1.74. The molecule has 0 spiro atoms. The first-order valence-corrected chi connectivity index (χ1v) is 8.00. The zero-order valence-electron chi connectivity index (χ0n) is 12.3. The Morgan fingerprint density at radius 1 is 1.33 bits per heavy atom. The number of amides is 1. The number of nitrogens with zero attached hydrogens (tertiary/aromatic N) is 1. The summed E-state index contributed by atoms with van der Waals surface area (Å²) in [6.07, 6.45) is 2.08. The van der Waals surface area contributed by atoms with Gasteiger partial charge in [0.15, 0.2) is 6.04 Å². The Hall–Kier alpha value is -1.53. The first-order chi connectivity index (χ1) is 10.1. The van der Waals surface area contributed by atoms with Gasteiger partial charge in [0.1, 0.15) is 0 Å². The second kappa shape index (κ2) is 9.41. The SMILES string of the molecule is CCCCSC[C@@H](C(=O)O)N(OC)C(=O)c1ccccc1. The van der Waals surface area contributed by atoms with Gasteiger partial charge in [-0.1, -0.05) is 31.5 Å². The summed E-state index contributed by atoms with van der Waals surface area (Å²) in [6.45, 7) is 2.08. The Morgan fingerprint density at radius 3 is 2.52 bits per heavy atom. The van der Waals surface area contributed by atoms with E-state index < -0.39 is 17.9 Å². The van der Waals surface area contributed by atoms with Crippen LogP contribution >= 0.6 is 11.8 Å². The van der Waals surface area contributed by atoms with Crippen LogP contribution < -0.4 is 0 Å². The number of rotatable bonds is 9. The molecule has 1 N–H and O–H groups in total. The summed E-state index contributed by atoms with van der Waals surface area (Å²) < 4.78 is 0. The van der Waals surface area contributed by atoms with E-state index in [1.54, 1.807) is 30.3 Å². The van der Waals surface area contributed by atoms with E-state index in [-0.39, 0.29) is 0 Å². The van der Waals surface area contributed by atoms with Crippen molar-refractivity contribution in [2.75, 3.05) is 18.6 Å². The lowest BCUT2D eigenvalue weighted by molar-refractivity contribution is -0.163. The molecule has 1 amide bonds. The summed E-state index contributed by atoms with van der Waals surface area (Å²) in [5.74, 6) is -0.328. The molecule has 1 aromatic carbocycles. The zero-order chi connectivity index (χ0) is 15.7. The van der Waals surface area contributed by atoms with Crippen LogP contribution in [0.2, 0.25) is 0 Å². The van der Waals surface area contributed by atoms with E-state index in [9.17, 15) is 14.7 Å². The van der Waals surface area contributed by atoms with Gasteiger partial charge in [-0.15, -0.1) is 0 Å². The third-order valence-corrected chi connectivity index (χ3v) is 4.03. The summed E-state index contributed by atoms with van der Waals surface area (Å²) in [5, 5.41) is 10.3. The minimum Gasteiger partial charge on any atom is -0.480 e. The van der Waals surface area contributed by atoms with Crippen LogP contribution in [0, 0.1) is 0 Å². The molecule has 1 atom stereocenters. The number of carboxylic acids is 1. The predicted octanol–water partition coefficient (Wildman–Crippen LogP) is 2.68. The Kier molecular flexibility index (Phi) is 7.85. The van der Waals surface area contributed by atoms with Crippen LogP contribution in [0.15, 0.2) is 30.3 Å². The number of carbonyl (C=O) groups excluding carboxylic acids is 1. The molecular weight excluding hydrogens is 290 g/mol. The second-order valence-corrected chi connectivity index (χ2v) is 5.61. The van der Waals surface area contributed by atoms with Gasteiger partial charge in [0.2, 0.25) is 0 Å². The fourth-order valence-corrected chi connectivity index (χ4v) is 2.90. The highest BCUT2D eigenvalue weighted by Gasteiger charge is 2.30. The topological polar surface area (TPSA) is 66.8 Å². The molecule has 5 nitrogen and oxygen atoms in total. The van der Waals surface area contributed by atoms with Crippen molar-refractivity contribution in [1.82, 2.24) is 5.06 Å². The highest BCUT2D eigenvalue weighted by atomic mass is 32.2. The van der Waals surface area contributed by atoms with Gasteiger partial charge in [-0.2, -0.15) is 11.8 Å². The van der Waals surface area contributed by atoms with Crippen LogP contribution in [0.25, 0.3) is 0 Å². The van der Waals surface area contributed by atoms with Gasteiger partial charge in [-0.3, -0.25) is 9.63 Å². The lowest BCUT2D eigenvalue weighted by atomic mass is 10.2. The van der Waals surface area contributed by atoms with Crippen LogP contribution in [0.1, 0.15) is 30.1 Å². The van der Waals surface area contributed by atoms with Gasteiger partial charge in [0, 0.05) is 11.3 Å². The molecule has 0 aliphatic heterocycles. The van der Waals surface area contributed by atoms with Gasteiger partial charge in [0.05, 0.1) is 7.11 Å². The van der Waals surface area contributed by atoms with Gasteiger partial charge in [-0.25, -0.2) is 9.86 Å². The Balaban J connectivity index is 2.77. The maximum atomic E-state index is 12.3. The van der Waals surface area contributed by atoms with Gasteiger partial charge >= 0.3 is 5.97 Å². The van der Waals surface area contributed by atoms with Gasteiger partial charge in [0.25, 0.3) is 5.91 Å². The molecule has 0 unspecified atom stereocenters. The molecular formula is C15H21NO4S. The minimum atomic E-state index is -1.06. The number of aliphatic carboxylic acids is 1. The van der Waals surface area contributed by atoms with Crippen molar-refractivity contribution in [1.29, 1.82) is 0 Å². The summed E-state index contributed by atoms with van der Waals surface area (Å²) in [7, 11) is 1.31. The number of unbranched alkanes of at least 4 members (excludes halogenated alkanes) is 1. The maximum Gasteiger partial charge on any atom is 0.329 e. The number of hydrogen-bond donors (Lipinski definition) is 1. The van der Waals surface area contributed by atoms with Crippen molar-refractivity contribution in [3.05, 3.63) is 35.9 Å². The largest absolute Gasteiger partial charge is 0.480 e. The number of thioether (sulfide) groups is 1. The number of hydroxylamine groups is 2. The third-order valence-electron chi connectivity index (χ3n) is 2.90. The lowest BCUT2D eigenvalue weighted by Gasteiger charge is -2.26. The van der Waals surface area contributed by atoms with Gasteiger partial charge < -0.3 is 5.11 Å². The van der Waals surface area contributed by atoms with Crippen molar-refractivity contribution < 1.29 is 19.5 Å². The quantitative estimate of drug-likeness (QED) is 0.561. The second-order valence-electron chi connectivity index (χ2n) is 4.46. The Labute approximate surface area is 129 Å². The Morgan fingerprint density at radius 2 is 2.00 bits per heavy atom. The maximum absolute atomic E-state index is 12.3. The highest BCUT2D eigenvalue weighted by molar-refractivity contribution is 7.99. The van der Waals surface area contributed by atoms with E-state index in [0.29, 0.717) is 11.3 Å². The third kappa shape index (κ3) is 5.40. The molecule has 0 aliphatic carbocycles. The molecule has 0 saturated carbocycles. The van der Waals surface area contributed by atoms with Gasteiger partial charge in [-0.05, 0) is 24.3 Å². The summed E-state index contributed by atoms with van der Waals surface area (Å²) in [6, 6.07) is 7.53. The number of carboxylic acid groups (broad SMARTS) is 1. The molecule has 0 radical (unpaired) electrons. The van der Waals surface area contributed by atoms with Crippen LogP contribution in [-0.2, 0) is 9.63 Å². The van der Waals surface area contributed by atoms with Crippen molar-refractivity contribution in [3.63, 3.8) is 0 Å². The average molecular weight is 311 g/mol. The lowest BCUT2D eigenvalue weighted by Crippen LogP contribution is -2.46. The normalized spacial score (nSPS) is 11.9. The molecule has 0 saturated heterocycles. The first-order valence-electron chi connectivity index (χ1n) is 6.85. The summed E-state index contributed by atoms with van der Waals surface area (Å²) in [4.78, 5) is 28.8. The molecule has 1 aromatic rings. The van der Waals surface area contributed by atoms with E-state index in [1.807, 2.05) is 0 Å². The first kappa shape index (κ1) is 17.5. The van der Waals surface area contributed by atoms with E-state index in [1.165, 1.54) is 18.9 Å². The van der Waals surface area contributed by atoms with Crippen LogP contribution in [-0.4, -0.2) is 46.7 Å².